The Morgan fingerprint density at radius 1 is 0.662 bits per heavy atom. The van der Waals surface area contributed by atoms with Crippen LogP contribution in [-0.4, -0.2) is 146 Å². The monoisotopic (exact) mass is 1070 g/mol. The molecule has 16 N–H and O–H groups in total. The first kappa shape index (κ1) is 61.5. The maximum atomic E-state index is 14.3. The second kappa shape index (κ2) is 28.7. The fourth-order valence-electron chi connectivity index (χ4n) is 8.62. The summed E-state index contributed by atoms with van der Waals surface area (Å²) in [5, 5.41) is 38.4. The number of amides is 10. The van der Waals surface area contributed by atoms with E-state index < -0.39 is 151 Å². The largest absolute Gasteiger partial charge is 0.508 e. The average Bonchev–Trinajstić information content (AvgIpc) is 4.04. The summed E-state index contributed by atoms with van der Waals surface area (Å²) < 4.78 is 0. The van der Waals surface area contributed by atoms with E-state index in [4.69, 9.17) is 17.2 Å². The molecule has 1 aliphatic rings. The van der Waals surface area contributed by atoms with Crippen molar-refractivity contribution >= 4 is 75.9 Å². The van der Waals surface area contributed by atoms with E-state index in [1.54, 1.807) is 64.2 Å². The number of nitrogens with two attached hydrogens (primary N) is 3. The number of phenolic OH excluding ortho intramolecular Hbond substituents is 1. The summed E-state index contributed by atoms with van der Waals surface area (Å²) in [7, 11) is 0. The Kier molecular flexibility index (Phi) is 22.9. The Morgan fingerprint density at radius 3 is 1.77 bits per heavy atom. The summed E-state index contributed by atoms with van der Waals surface area (Å²) in [6, 6.07) is 1.38. The topological polar surface area (TPSA) is 410 Å². The summed E-state index contributed by atoms with van der Waals surface area (Å²) in [5.74, 6) is -10.5. The Balaban J connectivity index is 1.51. The smallest absolute Gasteiger partial charge is 0.326 e. The van der Waals surface area contributed by atoms with Crippen LogP contribution in [0.1, 0.15) is 97.6 Å². The first-order chi connectivity index (χ1) is 36.3. The predicted molar refractivity (Wildman–Crippen MR) is 280 cm³/mol. The van der Waals surface area contributed by atoms with Gasteiger partial charge >= 0.3 is 5.97 Å². The number of benzene rings is 2. The molecule has 3 aromatic rings. The lowest BCUT2D eigenvalue weighted by atomic mass is 9.98. The van der Waals surface area contributed by atoms with Gasteiger partial charge in [-0.3, -0.25) is 47.9 Å². The van der Waals surface area contributed by atoms with Crippen molar-refractivity contribution in [2.24, 2.45) is 29.0 Å². The SMILES string of the molecule is CC[C@H](C)[C@H](NC(=O)[C@H](Cc1c[nH]c2ccccc12)NC(=O)[C@H](C)NC(=O)[C@H](CCC(N)=O)NC(=O)[C@H](CCC(N)=O)NC(=O)[C@@H]1CCCN1C(=O)[C@@H](NC(=O)[C@H](Cc1ccc(O)cc1)NC(=O)[C@H](C)N)C(C)C)C(=O)O. The van der Waals surface area contributed by atoms with Crippen LogP contribution < -0.4 is 54.4 Å². The van der Waals surface area contributed by atoms with Crippen molar-refractivity contribution in [3.63, 3.8) is 0 Å². The molecule has 0 unspecified atom stereocenters. The molecule has 0 bridgehead atoms. The number of carbonyl (C=O) groups excluding carboxylic acids is 10. The van der Waals surface area contributed by atoms with E-state index in [1.165, 1.54) is 30.9 Å². The molecular weight excluding hydrogens is 1000 g/mol. The van der Waals surface area contributed by atoms with Gasteiger partial charge in [-0.25, -0.2) is 4.79 Å². The van der Waals surface area contributed by atoms with Crippen molar-refractivity contribution in [1.82, 2.24) is 47.1 Å². The third kappa shape index (κ3) is 18.0. The van der Waals surface area contributed by atoms with Crippen molar-refractivity contribution < 1.29 is 63.0 Å². The zero-order valence-electron chi connectivity index (χ0n) is 44.2. The van der Waals surface area contributed by atoms with E-state index in [2.05, 4.69) is 42.2 Å². The number of aliphatic carboxylic acids is 1. The number of primary amides is 2. The molecule has 4 rings (SSSR count). The van der Waals surface area contributed by atoms with Crippen LogP contribution in [0.15, 0.2) is 54.7 Å². The van der Waals surface area contributed by atoms with Crippen LogP contribution in [0.4, 0.5) is 0 Å². The molecule has 420 valence electrons. The standard InChI is InChI=1S/C52H74N12O13/c1-7-27(4)43(52(76)77)63-49(73)38(24-31-25-56-34-12-9-8-11-33(31)34)61-45(69)29(6)57-46(70)35(18-20-40(54)66)58-47(71)36(19-21-41(55)67)59-50(74)39-13-10-22-64(39)51(75)42(26(2)3)62-48(72)37(60-44(68)28(5)53)23-30-14-16-32(65)17-15-30/h8-9,11-12,14-17,25-29,35-39,42-43,56,65H,7,10,13,18-24,53H2,1-6H3,(H2,54,66)(H2,55,67)(H,57,70)(H,58,71)(H,59,74)(H,60,68)(H,61,69)(H,62,72)(H,63,73)(H,76,77)/t27-,28-,29-,35-,36-,37-,38-,39-,42-,43-/m0/s1. The maximum absolute atomic E-state index is 14.3. The fraction of sp³-hybridized carbons (Fsp3) is 0.519. The number of para-hydroxylation sites is 1. The summed E-state index contributed by atoms with van der Waals surface area (Å²) >= 11 is 0. The number of nitrogens with zero attached hydrogens (tertiary/aromatic N) is 1. The number of aromatic hydroxyl groups is 1. The van der Waals surface area contributed by atoms with E-state index in [0.717, 1.165) is 10.9 Å². The van der Waals surface area contributed by atoms with Gasteiger partial charge in [0.1, 0.15) is 54.1 Å². The predicted octanol–water partition coefficient (Wildman–Crippen LogP) is -1.27. The normalized spacial score (nSPS) is 16.7. The molecule has 1 saturated heterocycles. The van der Waals surface area contributed by atoms with Gasteiger partial charge in [0.05, 0.1) is 6.04 Å². The molecule has 25 nitrogen and oxygen atoms in total. The molecule has 10 amide bonds. The van der Waals surface area contributed by atoms with Gasteiger partial charge in [-0.1, -0.05) is 64.4 Å². The maximum Gasteiger partial charge on any atom is 0.326 e. The Morgan fingerprint density at radius 2 is 1.19 bits per heavy atom. The third-order valence-electron chi connectivity index (χ3n) is 13.4. The number of carboxylic acids is 1. The number of hydrogen-bond donors (Lipinski definition) is 13. The number of carboxylic acid groups (broad SMARTS) is 1. The van der Waals surface area contributed by atoms with Gasteiger partial charge in [-0.2, -0.15) is 0 Å². The molecule has 77 heavy (non-hydrogen) atoms. The van der Waals surface area contributed by atoms with E-state index in [9.17, 15) is 63.0 Å². The lowest BCUT2D eigenvalue weighted by Gasteiger charge is -2.32. The first-order valence-corrected chi connectivity index (χ1v) is 25.6. The van der Waals surface area contributed by atoms with Crippen LogP contribution in [0.5, 0.6) is 5.75 Å². The van der Waals surface area contributed by atoms with Crippen molar-refractivity contribution in [2.45, 2.75) is 154 Å². The van der Waals surface area contributed by atoms with E-state index in [0.29, 0.717) is 24.0 Å². The van der Waals surface area contributed by atoms with Gasteiger partial charge in [-0.05, 0) is 80.7 Å². The van der Waals surface area contributed by atoms with Crippen LogP contribution in [0, 0.1) is 11.8 Å². The van der Waals surface area contributed by atoms with Gasteiger partial charge < -0.3 is 74.5 Å². The molecule has 0 saturated carbocycles. The second-order valence-electron chi connectivity index (χ2n) is 19.8. The molecule has 1 fully saturated rings. The van der Waals surface area contributed by atoms with Gasteiger partial charge in [0.15, 0.2) is 0 Å². The number of nitrogens with one attached hydrogen (secondary N) is 8. The van der Waals surface area contributed by atoms with Crippen LogP contribution in [0.2, 0.25) is 0 Å². The number of H-pyrrole nitrogens is 1. The second-order valence-corrected chi connectivity index (χ2v) is 19.8. The van der Waals surface area contributed by atoms with Crippen LogP contribution >= 0.6 is 0 Å². The number of aromatic amines is 1. The average molecular weight is 1080 g/mol. The van der Waals surface area contributed by atoms with Gasteiger partial charge in [0.2, 0.25) is 59.1 Å². The first-order valence-electron chi connectivity index (χ1n) is 25.6. The molecular formula is C52H74N12O13. The Hall–Kier alpha value is -8.09. The van der Waals surface area contributed by atoms with Crippen molar-refractivity contribution in [2.75, 3.05) is 6.54 Å². The molecule has 1 aromatic heterocycles. The number of phenols is 1. The number of aromatic nitrogens is 1. The molecule has 25 heteroatoms. The van der Waals surface area contributed by atoms with E-state index in [-0.39, 0.29) is 38.0 Å². The molecule has 0 radical (unpaired) electrons. The summed E-state index contributed by atoms with van der Waals surface area (Å²) in [6.45, 7) is 9.54. The third-order valence-corrected chi connectivity index (χ3v) is 13.4. The van der Waals surface area contributed by atoms with Crippen LogP contribution in [-0.2, 0) is 65.6 Å². The van der Waals surface area contributed by atoms with Crippen LogP contribution in [0.25, 0.3) is 10.9 Å². The van der Waals surface area contributed by atoms with E-state index in [1.807, 2.05) is 6.07 Å². The minimum atomic E-state index is -1.58. The molecule has 0 spiro atoms. The van der Waals surface area contributed by atoms with Gasteiger partial charge in [-0.15, -0.1) is 0 Å². The quantitative estimate of drug-likeness (QED) is 0.0386. The molecule has 2 heterocycles. The highest BCUT2D eigenvalue weighted by Gasteiger charge is 2.41. The highest BCUT2D eigenvalue weighted by atomic mass is 16.4. The zero-order chi connectivity index (χ0) is 57.3. The lowest BCUT2D eigenvalue weighted by Crippen LogP contribution is -2.60. The Bertz CT molecular complexity index is 2620. The van der Waals surface area contributed by atoms with Crippen molar-refractivity contribution in [3.8, 4) is 5.75 Å². The number of carbonyl (C=O) groups is 11. The minimum Gasteiger partial charge on any atom is -0.508 e. The van der Waals surface area contributed by atoms with Gasteiger partial charge in [0, 0.05) is 49.3 Å². The summed E-state index contributed by atoms with van der Waals surface area (Å²) in [4.78, 5) is 151. The number of hydrogen-bond acceptors (Lipinski definition) is 13. The number of rotatable bonds is 29. The van der Waals surface area contributed by atoms with Crippen molar-refractivity contribution in [3.05, 3.63) is 65.9 Å². The van der Waals surface area contributed by atoms with Crippen LogP contribution in [0.3, 0.4) is 0 Å². The number of likely N-dealkylation sites (tertiary alicyclic amines) is 1. The minimum absolute atomic E-state index is 0.0175. The molecule has 1 aliphatic heterocycles. The highest BCUT2D eigenvalue weighted by molar-refractivity contribution is 5.99. The van der Waals surface area contributed by atoms with Crippen molar-refractivity contribution in [1.29, 1.82) is 0 Å². The fourth-order valence-corrected chi connectivity index (χ4v) is 8.62. The van der Waals surface area contributed by atoms with E-state index >= 15 is 0 Å². The molecule has 0 aliphatic carbocycles. The zero-order valence-corrected chi connectivity index (χ0v) is 44.2. The number of fused-ring (bicyclic) bond motifs is 1. The summed E-state index contributed by atoms with van der Waals surface area (Å²) in [6.07, 6.45) is 0.773. The molecule has 2 aromatic carbocycles. The lowest BCUT2D eigenvalue weighted by molar-refractivity contribution is -0.144. The molecule has 10 atom stereocenters. The Labute approximate surface area is 445 Å². The highest BCUT2D eigenvalue weighted by Crippen LogP contribution is 2.23. The summed E-state index contributed by atoms with van der Waals surface area (Å²) in [5.41, 5.74) is 18.6. The van der Waals surface area contributed by atoms with Gasteiger partial charge in [0.25, 0.3) is 0 Å².